The molecule has 0 radical (unpaired) electrons. The summed E-state index contributed by atoms with van der Waals surface area (Å²) >= 11 is 0. The van der Waals surface area contributed by atoms with E-state index < -0.39 is 4.92 Å². The summed E-state index contributed by atoms with van der Waals surface area (Å²) < 4.78 is 0. The first-order valence-corrected chi connectivity index (χ1v) is 7.22. The van der Waals surface area contributed by atoms with Crippen LogP contribution >= 0.6 is 0 Å². The van der Waals surface area contributed by atoms with E-state index in [1.807, 2.05) is 6.92 Å². The van der Waals surface area contributed by atoms with Crippen molar-refractivity contribution in [3.8, 4) is 0 Å². The summed E-state index contributed by atoms with van der Waals surface area (Å²) in [7, 11) is 0. The van der Waals surface area contributed by atoms with Gasteiger partial charge in [-0.15, -0.1) is 0 Å². The summed E-state index contributed by atoms with van der Waals surface area (Å²) in [6.45, 7) is 2.61. The predicted molar refractivity (Wildman–Crippen MR) is 78.0 cm³/mol. The number of aromatic nitrogens is 2. The summed E-state index contributed by atoms with van der Waals surface area (Å²) in [6, 6.07) is 0.264. The van der Waals surface area contributed by atoms with Crippen LogP contribution in [0.25, 0.3) is 0 Å². The van der Waals surface area contributed by atoms with Crippen LogP contribution in [0.3, 0.4) is 0 Å². The Morgan fingerprint density at radius 1 is 1.35 bits per heavy atom. The van der Waals surface area contributed by atoms with Gasteiger partial charge in [0.1, 0.15) is 6.20 Å². The van der Waals surface area contributed by atoms with Gasteiger partial charge < -0.3 is 10.6 Å². The van der Waals surface area contributed by atoms with Crippen LogP contribution in [-0.4, -0.2) is 27.5 Å². The first kappa shape index (κ1) is 14.5. The zero-order valence-corrected chi connectivity index (χ0v) is 11.8. The second kappa shape index (κ2) is 7.02. The number of nitro groups is 1. The van der Waals surface area contributed by atoms with Gasteiger partial charge in [0.15, 0.2) is 0 Å². The maximum Gasteiger partial charge on any atom is 0.329 e. The van der Waals surface area contributed by atoms with Crippen molar-refractivity contribution in [2.24, 2.45) is 0 Å². The zero-order chi connectivity index (χ0) is 14.4. The van der Waals surface area contributed by atoms with Crippen LogP contribution in [0.4, 0.5) is 17.5 Å². The van der Waals surface area contributed by atoms with E-state index in [1.54, 1.807) is 0 Å². The maximum absolute atomic E-state index is 11.1. The maximum atomic E-state index is 11.1. The Hall–Kier alpha value is -1.92. The molecule has 0 saturated heterocycles. The van der Waals surface area contributed by atoms with Gasteiger partial charge in [0.2, 0.25) is 11.8 Å². The van der Waals surface area contributed by atoms with Crippen molar-refractivity contribution in [1.29, 1.82) is 0 Å². The molecule has 0 aromatic carbocycles. The number of nitrogens with one attached hydrogen (secondary N) is 2. The molecule has 20 heavy (non-hydrogen) atoms. The number of nitrogens with zero attached hydrogens (tertiary/aromatic N) is 3. The van der Waals surface area contributed by atoms with E-state index in [4.69, 9.17) is 0 Å². The van der Waals surface area contributed by atoms with E-state index in [9.17, 15) is 10.1 Å². The molecule has 1 aromatic rings. The molecule has 0 spiro atoms. The number of rotatable bonds is 5. The minimum atomic E-state index is -0.436. The SMILES string of the molecule is CCNc1ncc([N+](=O)[O-])c(NC2CCCCCC2)n1. The molecule has 1 aliphatic rings. The third kappa shape index (κ3) is 3.79. The van der Waals surface area contributed by atoms with Crippen molar-refractivity contribution in [3.05, 3.63) is 16.3 Å². The number of hydrogen-bond donors (Lipinski definition) is 2. The first-order chi connectivity index (χ1) is 9.70. The largest absolute Gasteiger partial charge is 0.361 e. The molecule has 1 aliphatic carbocycles. The lowest BCUT2D eigenvalue weighted by atomic mass is 10.1. The molecule has 0 aliphatic heterocycles. The topological polar surface area (TPSA) is 93.0 Å². The van der Waals surface area contributed by atoms with Crippen LogP contribution in [0, 0.1) is 10.1 Å². The lowest BCUT2D eigenvalue weighted by Crippen LogP contribution is -2.20. The van der Waals surface area contributed by atoms with Crippen molar-refractivity contribution >= 4 is 17.5 Å². The molecule has 1 aromatic heterocycles. The summed E-state index contributed by atoms with van der Waals surface area (Å²) in [5.41, 5.74) is -0.0594. The highest BCUT2D eigenvalue weighted by Gasteiger charge is 2.21. The van der Waals surface area contributed by atoms with E-state index in [2.05, 4.69) is 20.6 Å². The standard InChI is InChI=1S/C13H21N5O2/c1-2-14-13-15-9-11(18(19)20)12(17-13)16-10-7-5-3-4-6-8-10/h9-10H,2-8H2,1H3,(H2,14,15,16,17). The van der Waals surface area contributed by atoms with Gasteiger partial charge in [-0.3, -0.25) is 10.1 Å². The molecule has 1 fully saturated rings. The van der Waals surface area contributed by atoms with E-state index in [-0.39, 0.29) is 11.7 Å². The van der Waals surface area contributed by atoms with Crippen LogP contribution in [-0.2, 0) is 0 Å². The summed E-state index contributed by atoms with van der Waals surface area (Å²) in [5.74, 6) is 0.752. The first-order valence-electron chi connectivity index (χ1n) is 7.22. The van der Waals surface area contributed by atoms with E-state index >= 15 is 0 Å². The summed E-state index contributed by atoms with van der Waals surface area (Å²) in [6.07, 6.45) is 8.16. The van der Waals surface area contributed by atoms with Crippen molar-refractivity contribution in [3.63, 3.8) is 0 Å². The Morgan fingerprint density at radius 2 is 2.05 bits per heavy atom. The number of hydrogen-bond acceptors (Lipinski definition) is 6. The van der Waals surface area contributed by atoms with Crippen LogP contribution in [0.1, 0.15) is 45.4 Å². The third-order valence-electron chi connectivity index (χ3n) is 3.50. The fourth-order valence-corrected chi connectivity index (χ4v) is 2.48. The van der Waals surface area contributed by atoms with E-state index in [1.165, 1.54) is 19.0 Å². The highest BCUT2D eigenvalue weighted by atomic mass is 16.6. The van der Waals surface area contributed by atoms with Crippen LogP contribution in [0.5, 0.6) is 0 Å². The van der Waals surface area contributed by atoms with Crippen LogP contribution in [0.2, 0.25) is 0 Å². The molecule has 1 heterocycles. The molecular formula is C13H21N5O2. The molecule has 2 N–H and O–H groups in total. The lowest BCUT2D eigenvalue weighted by Gasteiger charge is -2.17. The van der Waals surface area contributed by atoms with Crippen molar-refractivity contribution in [1.82, 2.24) is 9.97 Å². The average Bonchev–Trinajstić information content (AvgIpc) is 2.68. The molecule has 7 heteroatoms. The molecule has 0 unspecified atom stereocenters. The second-order valence-electron chi connectivity index (χ2n) is 5.05. The fourth-order valence-electron chi connectivity index (χ4n) is 2.48. The molecule has 1 saturated carbocycles. The van der Waals surface area contributed by atoms with Gasteiger partial charge >= 0.3 is 5.69 Å². The molecule has 0 atom stereocenters. The Morgan fingerprint density at radius 3 is 2.65 bits per heavy atom. The second-order valence-corrected chi connectivity index (χ2v) is 5.05. The molecule has 0 bridgehead atoms. The quantitative estimate of drug-likeness (QED) is 0.489. The zero-order valence-electron chi connectivity index (χ0n) is 11.8. The normalized spacial score (nSPS) is 16.4. The minimum Gasteiger partial charge on any atom is -0.361 e. The van der Waals surface area contributed by atoms with Gasteiger partial charge in [0.25, 0.3) is 0 Å². The van der Waals surface area contributed by atoms with Gasteiger partial charge in [-0.1, -0.05) is 25.7 Å². The summed E-state index contributed by atoms with van der Waals surface area (Å²) in [5, 5.41) is 17.3. The van der Waals surface area contributed by atoms with E-state index in [0.717, 1.165) is 25.7 Å². The third-order valence-corrected chi connectivity index (χ3v) is 3.50. The average molecular weight is 279 g/mol. The smallest absolute Gasteiger partial charge is 0.329 e. The Bertz CT molecular complexity index is 458. The van der Waals surface area contributed by atoms with Gasteiger partial charge in [-0.25, -0.2) is 4.98 Å². The monoisotopic (exact) mass is 279 g/mol. The molecule has 0 amide bonds. The van der Waals surface area contributed by atoms with Gasteiger partial charge in [-0.2, -0.15) is 4.98 Å². The highest BCUT2D eigenvalue weighted by Crippen LogP contribution is 2.26. The van der Waals surface area contributed by atoms with Crippen LogP contribution < -0.4 is 10.6 Å². The summed E-state index contributed by atoms with van der Waals surface area (Å²) in [4.78, 5) is 18.8. The molecule has 7 nitrogen and oxygen atoms in total. The predicted octanol–water partition coefficient (Wildman–Crippen LogP) is 2.95. The van der Waals surface area contributed by atoms with Crippen molar-refractivity contribution in [2.45, 2.75) is 51.5 Å². The highest BCUT2D eigenvalue weighted by molar-refractivity contribution is 5.57. The molecule has 110 valence electrons. The van der Waals surface area contributed by atoms with Gasteiger partial charge in [0.05, 0.1) is 4.92 Å². The number of anilines is 2. The van der Waals surface area contributed by atoms with E-state index in [0.29, 0.717) is 18.3 Å². The minimum absolute atomic E-state index is 0.0594. The Balaban J connectivity index is 2.17. The van der Waals surface area contributed by atoms with Crippen molar-refractivity contribution < 1.29 is 4.92 Å². The lowest BCUT2D eigenvalue weighted by molar-refractivity contribution is -0.384. The fraction of sp³-hybridized carbons (Fsp3) is 0.692. The Labute approximate surface area is 118 Å². The molecular weight excluding hydrogens is 258 g/mol. The van der Waals surface area contributed by atoms with Crippen molar-refractivity contribution in [2.75, 3.05) is 17.2 Å². The van der Waals surface area contributed by atoms with Gasteiger partial charge in [0, 0.05) is 12.6 Å². The molecule has 2 rings (SSSR count). The van der Waals surface area contributed by atoms with Gasteiger partial charge in [-0.05, 0) is 19.8 Å². The van der Waals surface area contributed by atoms with Crippen LogP contribution in [0.15, 0.2) is 6.20 Å². The Kier molecular flexibility index (Phi) is 5.09.